The normalized spacial score (nSPS) is 11.7. The second kappa shape index (κ2) is 10.1. The van der Waals surface area contributed by atoms with Crippen LogP contribution in [-0.4, -0.2) is 29.9 Å². The maximum absolute atomic E-state index is 11.8. The predicted octanol–water partition coefficient (Wildman–Crippen LogP) is 6.78. The standard InChI is InChI=1S/C31H29N3O2S/c1-22(2)34-29-21-26(32-31(24-10-6-4-7-11-24)25-12-8-5-9-13-25)16-19-28(29)33-30(34)20-23-14-17-27(18-15-23)37(3,35)36/h4-19,21-22H,20H2,1-3H3. The number of aromatic nitrogens is 2. The van der Waals surface area contributed by atoms with Crippen LogP contribution in [-0.2, 0) is 16.3 Å². The first-order chi connectivity index (χ1) is 17.8. The van der Waals surface area contributed by atoms with Crippen LogP contribution in [0.3, 0.4) is 0 Å². The van der Waals surface area contributed by atoms with E-state index in [4.69, 9.17) is 9.98 Å². The summed E-state index contributed by atoms with van der Waals surface area (Å²) in [4.78, 5) is 10.4. The van der Waals surface area contributed by atoms with E-state index in [0.717, 1.165) is 44.9 Å². The lowest BCUT2D eigenvalue weighted by Crippen LogP contribution is -2.07. The minimum absolute atomic E-state index is 0.192. The van der Waals surface area contributed by atoms with E-state index in [1.807, 2.05) is 60.7 Å². The van der Waals surface area contributed by atoms with E-state index in [9.17, 15) is 8.42 Å². The number of sulfone groups is 1. The molecule has 0 radical (unpaired) electrons. The van der Waals surface area contributed by atoms with Gasteiger partial charge in [-0.25, -0.2) is 18.4 Å². The first kappa shape index (κ1) is 24.7. The van der Waals surface area contributed by atoms with Gasteiger partial charge in [-0.15, -0.1) is 0 Å². The van der Waals surface area contributed by atoms with Crippen molar-refractivity contribution < 1.29 is 8.42 Å². The average Bonchev–Trinajstić information content (AvgIpc) is 3.25. The van der Waals surface area contributed by atoms with Crippen molar-refractivity contribution in [2.45, 2.75) is 31.2 Å². The molecule has 37 heavy (non-hydrogen) atoms. The molecular weight excluding hydrogens is 478 g/mol. The molecule has 0 atom stereocenters. The molecule has 5 aromatic rings. The molecule has 186 valence electrons. The summed E-state index contributed by atoms with van der Waals surface area (Å²) in [7, 11) is -3.22. The second-order valence-corrected chi connectivity index (χ2v) is 11.5. The highest BCUT2D eigenvalue weighted by Crippen LogP contribution is 2.28. The van der Waals surface area contributed by atoms with Crippen LogP contribution in [0.25, 0.3) is 11.0 Å². The zero-order chi connectivity index (χ0) is 26.0. The van der Waals surface area contributed by atoms with Crippen LogP contribution in [0.5, 0.6) is 0 Å². The maximum Gasteiger partial charge on any atom is 0.175 e. The first-order valence-electron chi connectivity index (χ1n) is 12.3. The SMILES string of the molecule is CC(C)n1c(Cc2ccc(S(C)(=O)=O)cc2)nc2ccc(N=C(c3ccccc3)c3ccccc3)cc21. The summed E-state index contributed by atoms with van der Waals surface area (Å²) < 4.78 is 25.9. The molecule has 0 fully saturated rings. The van der Waals surface area contributed by atoms with Crippen molar-refractivity contribution >= 4 is 32.3 Å². The number of fused-ring (bicyclic) bond motifs is 1. The molecule has 0 amide bonds. The van der Waals surface area contributed by atoms with Gasteiger partial charge in [0, 0.05) is 29.8 Å². The molecule has 5 nitrogen and oxygen atoms in total. The largest absolute Gasteiger partial charge is 0.325 e. The zero-order valence-corrected chi connectivity index (χ0v) is 22.0. The molecular formula is C31H29N3O2S. The summed E-state index contributed by atoms with van der Waals surface area (Å²) in [5.41, 5.74) is 6.85. The maximum atomic E-state index is 11.8. The summed E-state index contributed by atoms with van der Waals surface area (Å²) >= 11 is 0. The van der Waals surface area contributed by atoms with Crippen LogP contribution < -0.4 is 0 Å². The Hall–Kier alpha value is -4.03. The van der Waals surface area contributed by atoms with E-state index in [2.05, 4.69) is 48.7 Å². The van der Waals surface area contributed by atoms with Gasteiger partial charge in [-0.1, -0.05) is 72.8 Å². The lowest BCUT2D eigenvalue weighted by atomic mass is 10.0. The third kappa shape index (κ3) is 5.39. The van der Waals surface area contributed by atoms with Crippen molar-refractivity contribution in [2.75, 3.05) is 6.26 Å². The van der Waals surface area contributed by atoms with E-state index in [-0.39, 0.29) is 6.04 Å². The van der Waals surface area contributed by atoms with E-state index in [1.165, 1.54) is 6.26 Å². The lowest BCUT2D eigenvalue weighted by Gasteiger charge is -2.14. The smallest absolute Gasteiger partial charge is 0.175 e. The van der Waals surface area contributed by atoms with Crippen LogP contribution in [0.2, 0.25) is 0 Å². The van der Waals surface area contributed by atoms with Gasteiger partial charge < -0.3 is 4.57 Å². The number of hydrogen-bond acceptors (Lipinski definition) is 4. The van der Waals surface area contributed by atoms with Crippen molar-refractivity contribution in [1.82, 2.24) is 9.55 Å². The van der Waals surface area contributed by atoms with Crippen molar-refractivity contribution in [3.63, 3.8) is 0 Å². The number of rotatable bonds is 7. The van der Waals surface area contributed by atoms with Gasteiger partial charge in [-0.3, -0.25) is 0 Å². The average molecular weight is 508 g/mol. The fraction of sp³-hybridized carbons (Fsp3) is 0.161. The molecule has 0 bridgehead atoms. The van der Waals surface area contributed by atoms with E-state index in [1.54, 1.807) is 12.1 Å². The highest BCUT2D eigenvalue weighted by atomic mass is 32.2. The minimum Gasteiger partial charge on any atom is -0.325 e. The molecule has 6 heteroatoms. The summed E-state index contributed by atoms with van der Waals surface area (Å²) in [6.45, 7) is 4.29. The van der Waals surface area contributed by atoms with Crippen molar-refractivity contribution in [1.29, 1.82) is 0 Å². The highest BCUT2D eigenvalue weighted by Gasteiger charge is 2.16. The van der Waals surface area contributed by atoms with Gasteiger partial charge in [0.2, 0.25) is 0 Å². The Labute approximate surface area is 218 Å². The molecule has 0 aliphatic rings. The topological polar surface area (TPSA) is 64.3 Å². The molecule has 5 rings (SSSR count). The van der Waals surface area contributed by atoms with Crippen molar-refractivity contribution in [3.8, 4) is 0 Å². The van der Waals surface area contributed by atoms with Crippen LogP contribution >= 0.6 is 0 Å². The highest BCUT2D eigenvalue weighted by molar-refractivity contribution is 7.90. The molecule has 1 aromatic heterocycles. The van der Waals surface area contributed by atoms with Crippen LogP contribution in [0, 0.1) is 0 Å². The van der Waals surface area contributed by atoms with Crippen molar-refractivity contribution in [3.05, 3.63) is 126 Å². The summed E-state index contributed by atoms with van der Waals surface area (Å²) in [5.74, 6) is 0.935. The monoisotopic (exact) mass is 507 g/mol. The molecule has 0 saturated carbocycles. The summed E-state index contributed by atoms with van der Waals surface area (Å²) in [6, 6.07) is 33.8. The number of aliphatic imine (C=N–C) groups is 1. The van der Waals surface area contributed by atoms with Gasteiger partial charge in [0.15, 0.2) is 9.84 Å². The fourth-order valence-electron chi connectivity index (χ4n) is 4.56. The number of hydrogen-bond donors (Lipinski definition) is 0. The quantitative estimate of drug-likeness (QED) is 0.228. The van der Waals surface area contributed by atoms with E-state index >= 15 is 0 Å². The Balaban J connectivity index is 1.57. The van der Waals surface area contributed by atoms with Gasteiger partial charge in [0.25, 0.3) is 0 Å². The lowest BCUT2D eigenvalue weighted by molar-refractivity contribution is 0.591. The van der Waals surface area contributed by atoms with Crippen LogP contribution in [0.1, 0.15) is 42.4 Å². The van der Waals surface area contributed by atoms with Gasteiger partial charge >= 0.3 is 0 Å². The Morgan fingerprint density at radius 3 is 1.97 bits per heavy atom. The number of imidazole rings is 1. The Bertz CT molecular complexity index is 1630. The molecule has 4 aromatic carbocycles. The van der Waals surface area contributed by atoms with E-state index < -0.39 is 9.84 Å². The first-order valence-corrected chi connectivity index (χ1v) is 14.2. The molecule has 1 heterocycles. The molecule has 0 unspecified atom stereocenters. The molecule has 0 N–H and O–H groups in total. The predicted molar refractivity (Wildman–Crippen MR) is 151 cm³/mol. The Kier molecular flexibility index (Phi) is 6.76. The van der Waals surface area contributed by atoms with Gasteiger partial charge in [0.05, 0.1) is 27.3 Å². The third-order valence-corrected chi connectivity index (χ3v) is 7.44. The fourth-order valence-corrected chi connectivity index (χ4v) is 5.19. The minimum atomic E-state index is -3.22. The van der Waals surface area contributed by atoms with Crippen molar-refractivity contribution in [2.24, 2.45) is 4.99 Å². The van der Waals surface area contributed by atoms with Gasteiger partial charge in [-0.2, -0.15) is 0 Å². The summed E-state index contributed by atoms with van der Waals surface area (Å²) in [6.07, 6.45) is 1.83. The Morgan fingerprint density at radius 2 is 1.43 bits per heavy atom. The number of benzene rings is 4. The summed E-state index contributed by atoms with van der Waals surface area (Å²) in [5, 5.41) is 0. The molecule has 0 aliphatic heterocycles. The third-order valence-electron chi connectivity index (χ3n) is 6.31. The van der Waals surface area contributed by atoms with Crippen LogP contribution in [0.15, 0.2) is 113 Å². The second-order valence-electron chi connectivity index (χ2n) is 9.45. The van der Waals surface area contributed by atoms with Gasteiger partial charge in [-0.05, 0) is 49.7 Å². The molecule has 0 aliphatic carbocycles. The van der Waals surface area contributed by atoms with Gasteiger partial charge in [0.1, 0.15) is 5.82 Å². The van der Waals surface area contributed by atoms with Crippen LogP contribution in [0.4, 0.5) is 5.69 Å². The van der Waals surface area contributed by atoms with E-state index in [0.29, 0.717) is 11.3 Å². The molecule has 0 spiro atoms. The zero-order valence-electron chi connectivity index (χ0n) is 21.2. The molecule has 0 saturated heterocycles. The Morgan fingerprint density at radius 1 is 0.838 bits per heavy atom. The number of nitrogens with zero attached hydrogens (tertiary/aromatic N) is 3.